The van der Waals surface area contributed by atoms with Crippen LogP contribution in [0.3, 0.4) is 0 Å². The van der Waals surface area contributed by atoms with Gasteiger partial charge in [0.15, 0.2) is 0 Å². The van der Waals surface area contributed by atoms with Crippen molar-refractivity contribution < 1.29 is 9.72 Å². The fraction of sp³-hybridized carbons (Fsp3) is 0.429. The maximum atomic E-state index is 11.3. The molecule has 0 spiro atoms. The molecule has 1 fully saturated rings. The molecule has 8 heteroatoms. The lowest BCUT2D eigenvalue weighted by Gasteiger charge is -2.07. The summed E-state index contributed by atoms with van der Waals surface area (Å²) in [5.74, 6) is 0.0314. The van der Waals surface area contributed by atoms with Crippen LogP contribution in [0.1, 0.15) is 0 Å². The Balaban J connectivity index is 2.35. The Morgan fingerprint density at radius 3 is 2.87 bits per heavy atom. The molecule has 0 atom stereocenters. The first kappa shape index (κ1) is 9.44. The van der Waals surface area contributed by atoms with Crippen LogP contribution in [0.25, 0.3) is 0 Å². The van der Waals surface area contributed by atoms with E-state index in [9.17, 15) is 14.9 Å². The van der Waals surface area contributed by atoms with Gasteiger partial charge in [0, 0.05) is 18.6 Å². The third-order valence-corrected chi connectivity index (χ3v) is 2.12. The monoisotopic (exact) mass is 211 g/mol. The topological polar surface area (TPSA) is 93.3 Å². The second-order valence-corrected chi connectivity index (χ2v) is 3.15. The molecule has 1 saturated heterocycles. The first-order chi connectivity index (χ1) is 7.09. The van der Waals surface area contributed by atoms with E-state index in [0.717, 1.165) is 0 Å². The van der Waals surface area contributed by atoms with E-state index >= 15 is 0 Å². The molecule has 2 amide bonds. The molecule has 1 aromatic rings. The zero-order valence-corrected chi connectivity index (χ0v) is 8.01. The Labute approximate surface area is 84.6 Å². The molecule has 15 heavy (non-hydrogen) atoms. The van der Waals surface area contributed by atoms with Crippen molar-refractivity contribution in [3.8, 4) is 0 Å². The molecule has 0 aromatic carbocycles. The number of carbonyl (C=O) groups is 1. The number of anilines is 1. The van der Waals surface area contributed by atoms with Gasteiger partial charge in [-0.05, 0) is 4.92 Å². The van der Waals surface area contributed by atoms with E-state index in [0.29, 0.717) is 13.1 Å². The molecule has 8 nitrogen and oxygen atoms in total. The van der Waals surface area contributed by atoms with Crippen LogP contribution < -0.4 is 10.2 Å². The summed E-state index contributed by atoms with van der Waals surface area (Å²) < 4.78 is 1.46. The van der Waals surface area contributed by atoms with Gasteiger partial charge in [0.1, 0.15) is 6.20 Å². The fourth-order valence-electron chi connectivity index (χ4n) is 1.44. The summed E-state index contributed by atoms with van der Waals surface area (Å²) in [6.45, 7) is 1.00. The summed E-state index contributed by atoms with van der Waals surface area (Å²) >= 11 is 0. The SMILES string of the molecule is Cn1cc([N+](=O)[O-])nc1N1CCNC1=O. The molecule has 1 N–H and O–H groups in total. The van der Waals surface area contributed by atoms with Gasteiger partial charge in [-0.2, -0.15) is 0 Å². The summed E-state index contributed by atoms with van der Waals surface area (Å²) in [5, 5.41) is 13.1. The van der Waals surface area contributed by atoms with Crippen LogP contribution in [0.5, 0.6) is 0 Å². The maximum absolute atomic E-state index is 11.3. The van der Waals surface area contributed by atoms with Crippen molar-refractivity contribution in [1.29, 1.82) is 0 Å². The average molecular weight is 211 g/mol. The minimum absolute atomic E-state index is 0.257. The summed E-state index contributed by atoms with van der Waals surface area (Å²) in [5.41, 5.74) is 0. The largest absolute Gasteiger partial charge is 0.384 e. The lowest BCUT2D eigenvalue weighted by Crippen LogP contribution is -2.29. The van der Waals surface area contributed by atoms with E-state index in [4.69, 9.17) is 0 Å². The number of imidazole rings is 1. The van der Waals surface area contributed by atoms with Crippen LogP contribution >= 0.6 is 0 Å². The second-order valence-electron chi connectivity index (χ2n) is 3.15. The Bertz CT molecular complexity index is 426. The second kappa shape index (κ2) is 3.23. The van der Waals surface area contributed by atoms with Crippen LogP contribution in [-0.4, -0.2) is 33.6 Å². The van der Waals surface area contributed by atoms with Crippen molar-refractivity contribution in [2.75, 3.05) is 18.0 Å². The van der Waals surface area contributed by atoms with Crippen LogP contribution in [0.15, 0.2) is 6.20 Å². The predicted octanol–water partition coefficient (Wildman–Crippen LogP) is -0.142. The molecule has 0 unspecified atom stereocenters. The molecule has 1 aromatic heterocycles. The number of rotatable bonds is 2. The molecule has 0 bridgehead atoms. The number of nitro groups is 1. The molecule has 1 aliphatic heterocycles. The van der Waals surface area contributed by atoms with Gasteiger partial charge in [-0.25, -0.2) is 9.69 Å². The van der Waals surface area contributed by atoms with Gasteiger partial charge in [-0.3, -0.25) is 4.57 Å². The molecule has 2 rings (SSSR count). The summed E-state index contributed by atoms with van der Waals surface area (Å²) in [6, 6.07) is -0.279. The molecule has 2 heterocycles. The lowest BCUT2D eigenvalue weighted by molar-refractivity contribution is -0.389. The van der Waals surface area contributed by atoms with Crippen molar-refractivity contribution in [2.24, 2.45) is 7.05 Å². The molecular weight excluding hydrogens is 202 g/mol. The van der Waals surface area contributed by atoms with Gasteiger partial charge >= 0.3 is 17.8 Å². The van der Waals surface area contributed by atoms with E-state index < -0.39 is 4.92 Å². The van der Waals surface area contributed by atoms with Crippen molar-refractivity contribution in [1.82, 2.24) is 14.9 Å². The van der Waals surface area contributed by atoms with Gasteiger partial charge in [0.25, 0.3) is 0 Å². The fourth-order valence-corrected chi connectivity index (χ4v) is 1.44. The number of nitrogens with zero attached hydrogens (tertiary/aromatic N) is 4. The Kier molecular flexibility index (Phi) is 2.03. The Morgan fingerprint density at radius 1 is 1.67 bits per heavy atom. The molecule has 1 aliphatic rings. The van der Waals surface area contributed by atoms with Gasteiger partial charge in [-0.15, -0.1) is 0 Å². The third kappa shape index (κ3) is 1.49. The summed E-state index contributed by atoms with van der Waals surface area (Å²) in [6.07, 6.45) is 1.28. The van der Waals surface area contributed by atoms with Crippen molar-refractivity contribution in [3.63, 3.8) is 0 Å². The van der Waals surface area contributed by atoms with E-state index in [-0.39, 0.29) is 17.8 Å². The average Bonchev–Trinajstić information content (AvgIpc) is 2.71. The van der Waals surface area contributed by atoms with E-state index in [1.54, 1.807) is 7.05 Å². The first-order valence-electron chi connectivity index (χ1n) is 4.32. The number of hydrogen-bond acceptors (Lipinski definition) is 4. The smallest absolute Gasteiger partial charge is 0.358 e. The van der Waals surface area contributed by atoms with Crippen LogP contribution in [0, 0.1) is 10.1 Å². The van der Waals surface area contributed by atoms with Crippen molar-refractivity contribution in [3.05, 3.63) is 16.3 Å². The van der Waals surface area contributed by atoms with E-state index in [1.807, 2.05) is 0 Å². The number of amides is 2. The molecule has 0 radical (unpaired) electrons. The molecular formula is C7H9N5O3. The van der Waals surface area contributed by atoms with E-state index in [1.165, 1.54) is 15.7 Å². The number of hydrogen-bond donors (Lipinski definition) is 1. The van der Waals surface area contributed by atoms with Crippen LogP contribution in [0.4, 0.5) is 16.6 Å². The highest BCUT2D eigenvalue weighted by Crippen LogP contribution is 2.18. The van der Waals surface area contributed by atoms with Crippen molar-refractivity contribution >= 4 is 17.8 Å². The number of aromatic nitrogens is 2. The zero-order valence-electron chi connectivity index (χ0n) is 8.01. The van der Waals surface area contributed by atoms with Crippen LogP contribution in [-0.2, 0) is 7.05 Å². The first-order valence-corrected chi connectivity index (χ1v) is 4.32. The highest BCUT2D eigenvalue weighted by Gasteiger charge is 2.30. The number of carbonyl (C=O) groups excluding carboxylic acids is 1. The summed E-state index contributed by atoms with van der Waals surface area (Å²) in [7, 11) is 1.61. The predicted molar refractivity (Wildman–Crippen MR) is 50.6 cm³/mol. The molecule has 80 valence electrons. The molecule has 0 saturated carbocycles. The van der Waals surface area contributed by atoms with Gasteiger partial charge in [0.05, 0.1) is 6.54 Å². The maximum Gasteiger partial charge on any atom is 0.384 e. The minimum atomic E-state index is -0.586. The number of aryl methyl sites for hydroxylation is 1. The minimum Gasteiger partial charge on any atom is -0.358 e. The highest BCUT2D eigenvalue weighted by molar-refractivity contribution is 5.92. The van der Waals surface area contributed by atoms with Gasteiger partial charge in [-0.1, -0.05) is 0 Å². The highest BCUT2D eigenvalue weighted by atomic mass is 16.6. The Hall–Kier alpha value is -2.12. The normalized spacial score (nSPS) is 15.5. The standard InChI is InChI=1S/C7H9N5O3/c1-10-4-5(12(14)15)9-6(10)11-3-2-8-7(11)13/h4H,2-3H2,1H3,(H,8,13). The number of urea groups is 1. The van der Waals surface area contributed by atoms with E-state index in [2.05, 4.69) is 10.3 Å². The third-order valence-electron chi connectivity index (χ3n) is 2.12. The Morgan fingerprint density at radius 2 is 2.40 bits per heavy atom. The van der Waals surface area contributed by atoms with Gasteiger partial charge < -0.3 is 15.4 Å². The quantitative estimate of drug-likeness (QED) is 0.544. The van der Waals surface area contributed by atoms with Gasteiger partial charge in [0.2, 0.25) is 0 Å². The number of nitrogens with one attached hydrogen (secondary N) is 1. The van der Waals surface area contributed by atoms with Crippen molar-refractivity contribution in [2.45, 2.75) is 0 Å². The summed E-state index contributed by atoms with van der Waals surface area (Å²) in [4.78, 5) is 26.3. The molecule has 0 aliphatic carbocycles. The lowest BCUT2D eigenvalue weighted by atomic mass is 10.6. The zero-order chi connectivity index (χ0) is 11.0. The van der Waals surface area contributed by atoms with Crippen LogP contribution in [0.2, 0.25) is 0 Å².